The summed E-state index contributed by atoms with van der Waals surface area (Å²) in [7, 11) is -3.56. The van der Waals surface area contributed by atoms with Gasteiger partial charge in [0.1, 0.15) is 0 Å². The third kappa shape index (κ3) is 5.10. The molecule has 1 aliphatic heterocycles. The summed E-state index contributed by atoms with van der Waals surface area (Å²) < 4.78 is 34.5. The van der Waals surface area contributed by atoms with E-state index in [9.17, 15) is 13.5 Å². The minimum Gasteiger partial charge on any atom is -0.393 e. The first-order chi connectivity index (χ1) is 16.9. The first-order valence-electron chi connectivity index (χ1n) is 12.1. The monoisotopic (exact) mass is 501 g/mol. The predicted octanol–water partition coefficient (Wildman–Crippen LogP) is 2.33. The first-order valence-corrected chi connectivity index (χ1v) is 13.5. The molecule has 0 amide bonds. The number of imidazole rings is 1. The molecule has 0 atom stereocenters. The van der Waals surface area contributed by atoms with Crippen LogP contribution in [0.5, 0.6) is 0 Å². The Morgan fingerprint density at radius 2 is 1.80 bits per heavy atom. The Morgan fingerprint density at radius 1 is 1.09 bits per heavy atom. The lowest BCUT2D eigenvalue weighted by Crippen LogP contribution is -2.40. The molecule has 0 bridgehead atoms. The summed E-state index contributed by atoms with van der Waals surface area (Å²) in [5.74, 6) is 1.05. The molecule has 3 N–H and O–H groups in total. The molecule has 2 aliphatic rings. The van der Waals surface area contributed by atoms with E-state index in [1.165, 1.54) is 4.31 Å². The Balaban J connectivity index is 1.39. The summed E-state index contributed by atoms with van der Waals surface area (Å²) in [5, 5.41) is 16.5. The molecule has 1 aliphatic carbocycles. The Kier molecular flexibility index (Phi) is 6.87. The van der Waals surface area contributed by atoms with E-state index in [0.29, 0.717) is 49.3 Å². The molecule has 35 heavy (non-hydrogen) atoms. The fourth-order valence-corrected chi connectivity index (χ4v) is 5.92. The molecular weight excluding hydrogens is 470 g/mol. The first kappa shape index (κ1) is 23.9. The molecular formula is C23H31N7O4S. The van der Waals surface area contributed by atoms with Gasteiger partial charge in [-0.3, -0.25) is 0 Å². The number of nitrogens with one attached hydrogen (secondary N) is 2. The number of fused-ring (bicyclic) bond motifs is 1. The van der Waals surface area contributed by atoms with Crippen molar-refractivity contribution in [1.29, 1.82) is 0 Å². The molecule has 188 valence electrons. The summed E-state index contributed by atoms with van der Waals surface area (Å²) in [6.45, 7) is 4.28. The third-order valence-corrected chi connectivity index (χ3v) is 8.47. The SMILES string of the molecule is CCn1cnc2c(Nc3ccc(S(=O)(=O)N4CCOCC4)cc3)nc(N[C@H]3CC[C@H](O)CC3)nc21. The number of nitrogens with zero attached hydrogens (tertiary/aromatic N) is 5. The van der Waals surface area contributed by atoms with Crippen LogP contribution in [-0.4, -0.2) is 75.8 Å². The Hall–Kier alpha value is -2.80. The van der Waals surface area contributed by atoms with Gasteiger partial charge in [-0.25, -0.2) is 13.4 Å². The van der Waals surface area contributed by atoms with E-state index in [1.807, 2.05) is 11.5 Å². The van der Waals surface area contributed by atoms with Crippen LogP contribution in [0.4, 0.5) is 17.5 Å². The highest BCUT2D eigenvalue weighted by molar-refractivity contribution is 7.89. The number of morpholine rings is 1. The molecule has 2 fully saturated rings. The van der Waals surface area contributed by atoms with Crippen molar-refractivity contribution in [3.8, 4) is 0 Å². The molecule has 1 saturated heterocycles. The summed E-state index contributed by atoms with van der Waals surface area (Å²) in [6.07, 6.45) is 4.75. The van der Waals surface area contributed by atoms with E-state index in [0.717, 1.165) is 37.9 Å². The largest absolute Gasteiger partial charge is 0.393 e. The number of ether oxygens (including phenoxy) is 1. The van der Waals surface area contributed by atoms with Gasteiger partial charge in [-0.1, -0.05) is 0 Å². The van der Waals surface area contributed by atoms with Crippen LogP contribution in [0.15, 0.2) is 35.5 Å². The number of rotatable bonds is 7. The number of hydrogen-bond donors (Lipinski definition) is 3. The lowest BCUT2D eigenvalue weighted by atomic mass is 9.93. The van der Waals surface area contributed by atoms with Gasteiger partial charge in [0, 0.05) is 31.4 Å². The van der Waals surface area contributed by atoms with Crippen LogP contribution in [0.25, 0.3) is 11.2 Å². The number of aliphatic hydroxyl groups excluding tert-OH is 1. The normalized spacial score (nSPS) is 21.8. The van der Waals surface area contributed by atoms with Crippen molar-refractivity contribution in [3.05, 3.63) is 30.6 Å². The molecule has 3 aromatic rings. The van der Waals surface area contributed by atoms with Crippen molar-refractivity contribution >= 4 is 38.6 Å². The molecule has 0 unspecified atom stereocenters. The van der Waals surface area contributed by atoms with E-state index in [4.69, 9.17) is 9.72 Å². The van der Waals surface area contributed by atoms with Crippen LogP contribution in [0.2, 0.25) is 0 Å². The number of aryl methyl sites for hydroxylation is 1. The van der Waals surface area contributed by atoms with Crippen molar-refractivity contribution in [3.63, 3.8) is 0 Å². The zero-order valence-electron chi connectivity index (χ0n) is 19.7. The molecule has 3 heterocycles. The van der Waals surface area contributed by atoms with Gasteiger partial charge in [0.05, 0.1) is 30.5 Å². The third-order valence-electron chi connectivity index (χ3n) is 6.56. The molecule has 0 spiro atoms. The second-order valence-corrected chi connectivity index (χ2v) is 10.9. The minimum absolute atomic E-state index is 0.200. The predicted molar refractivity (Wildman–Crippen MR) is 132 cm³/mol. The highest BCUT2D eigenvalue weighted by Gasteiger charge is 2.26. The Morgan fingerprint density at radius 3 is 2.49 bits per heavy atom. The second kappa shape index (κ2) is 10.1. The van der Waals surface area contributed by atoms with Crippen LogP contribution in [0.1, 0.15) is 32.6 Å². The summed E-state index contributed by atoms with van der Waals surface area (Å²) in [6, 6.07) is 6.86. The minimum atomic E-state index is -3.56. The van der Waals surface area contributed by atoms with Crippen LogP contribution >= 0.6 is 0 Å². The van der Waals surface area contributed by atoms with Crippen molar-refractivity contribution in [2.75, 3.05) is 36.9 Å². The highest BCUT2D eigenvalue weighted by Crippen LogP contribution is 2.27. The van der Waals surface area contributed by atoms with Gasteiger partial charge in [0.2, 0.25) is 16.0 Å². The topological polar surface area (TPSA) is 134 Å². The number of aliphatic hydroxyl groups is 1. The van der Waals surface area contributed by atoms with E-state index < -0.39 is 10.0 Å². The number of aromatic nitrogens is 4. The van der Waals surface area contributed by atoms with E-state index in [2.05, 4.69) is 20.6 Å². The lowest BCUT2D eigenvalue weighted by Gasteiger charge is -2.26. The van der Waals surface area contributed by atoms with Gasteiger partial charge >= 0.3 is 0 Å². The zero-order valence-corrected chi connectivity index (χ0v) is 20.5. The van der Waals surface area contributed by atoms with Gasteiger partial charge in [-0.15, -0.1) is 0 Å². The number of anilines is 3. The molecule has 0 radical (unpaired) electrons. The molecule has 11 nitrogen and oxygen atoms in total. The molecule has 5 rings (SSSR count). The van der Waals surface area contributed by atoms with Crippen LogP contribution in [0, 0.1) is 0 Å². The van der Waals surface area contributed by atoms with E-state index in [1.54, 1.807) is 30.6 Å². The number of benzene rings is 1. The van der Waals surface area contributed by atoms with E-state index >= 15 is 0 Å². The lowest BCUT2D eigenvalue weighted by molar-refractivity contribution is 0.0730. The van der Waals surface area contributed by atoms with Gasteiger partial charge < -0.3 is 25.0 Å². The van der Waals surface area contributed by atoms with Crippen molar-refractivity contribution in [1.82, 2.24) is 23.8 Å². The van der Waals surface area contributed by atoms with Crippen LogP contribution in [-0.2, 0) is 21.3 Å². The standard InChI is InChI=1S/C23H31N7O4S/c1-2-29-15-24-20-21(27-23(28-22(20)29)26-17-3-7-18(31)8-4-17)25-16-5-9-19(10-6-16)35(32,33)30-11-13-34-14-12-30/h5-6,9-10,15,17-18,31H,2-4,7-8,11-14H2,1H3,(H2,25,26,27,28)/t17-,18-. The van der Waals surface area contributed by atoms with Gasteiger partial charge in [0.15, 0.2) is 17.0 Å². The molecule has 2 aromatic heterocycles. The van der Waals surface area contributed by atoms with Crippen LogP contribution in [0.3, 0.4) is 0 Å². The number of sulfonamides is 1. The van der Waals surface area contributed by atoms with Crippen LogP contribution < -0.4 is 10.6 Å². The Bertz CT molecular complexity index is 1270. The van der Waals surface area contributed by atoms with Crippen molar-refractivity contribution in [2.45, 2.75) is 56.2 Å². The fraction of sp³-hybridized carbons (Fsp3) is 0.522. The average molecular weight is 502 g/mol. The van der Waals surface area contributed by atoms with Gasteiger partial charge in [0.25, 0.3) is 0 Å². The maximum Gasteiger partial charge on any atom is 0.243 e. The maximum absolute atomic E-state index is 12.9. The summed E-state index contributed by atoms with van der Waals surface area (Å²) in [5.41, 5.74) is 2.06. The van der Waals surface area contributed by atoms with E-state index in [-0.39, 0.29) is 17.0 Å². The van der Waals surface area contributed by atoms with Gasteiger partial charge in [-0.05, 0) is 56.9 Å². The smallest absolute Gasteiger partial charge is 0.243 e. The molecule has 1 aromatic carbocycles. The van der Waals surface area contributed by atoms with Crippen molar-refractivity contribution in [2.24, 2.45) is 0 Å². The van der Waals surface area contributed by atoms with Crippen molar-refractivity contribution < 1.29 is 18.3 Å². The van der Waals surface area contributed by atoms with Gasteiger partial charge in [-0.2, -0.15) is 14.3 Å². The number of hydrogen-bond acceptors (Lipinski definition) is 9. The average Bonchev–Trinajstić information content (AvgIpc) is 3.30. The zero-order chi connectivity index (χ0) is 24.4. The summed E-state index contributed by atoms with van der Waals surface area (Å²) in [4.78, 5) is 14.1. The highest BCUT2D eigenvalue weighted by atomic mass is 32.2. The summed E-state index contributed by atoms with van der Waals surface area (Å²) >= 11 is 0. The molecule has 1 saturated carbocycles. The second-order valence-electron chi connectivity index (χ2n) is 8.91. The quantitative estimate of drug-likeness (QED) is 0.446. The fourth-order valence-electron chi connectivity index (χ4n) is 4.51. The Labute approximate surface area is 204 Å². The maximum atomic E-state index is 12.9. The molecule has 12 heteroatoms.